The van der Waals surface area contributed by atoms with Gasteiger partial charge in [0.05, 0.1) is 13.3 Å². The molecule has 0 aliphatic carbocycles. The van der Waals surface area contributed by atoms with Crippen molar-refractivity contribution in [1.82, 2.24) is 5.43 Å². The van der Waals surface area contributed by atoms with Crippen LogP contribution >= 0.6 is 0 Å². The Morgan fingerprint density at radius 1 is 1.17 bits per heavy atom. The zero-order valence-electron chi connectivity index (χ0n) is 12.9. The number of ether oxygens (including phenoxy) is 2. The largest absolute Gasteiger partial charge is 0.497 e. The molecule has 0 saturated heterocycles. The normalized spacial score (nSPS) is 10.4. The standard InChI is InChI=1S/C17H16N2O5/c1-23-14-8-6-12(7-9-14)17(22)19-18-10-13-4-2-3-5-15(13)24-11-16(20)21/h2-10H,11H2,1H3,(H,19,22)(H,20,21)/b18-10+. The van der Waals surface area contributed by atoms with Gasteiger partial charge in [-0.1, -0.05) is 12.1 Å². The Bertz CT molecular complexity index is 741. The monoisotopic (exact) mass is 328 g/mol. The van der Waals surface area contributed by atoms with Crippen molar-refractivity contribution in [3.63, 3.8) is 0 Å². The van der Waals surface area contributed by atoms with Crippen molar-refractivity contribution < 1.29 is 24.2 Å². The molecular weight excluding hydrogens is 312 g/mol. The molecule has 2 aromatic rings. The average molecular weight is 328 g/mol. The number of benzene rings is 2. The first-order valence-electron chi connectivity index (χ1n) is 7.01. The summed E-state index contributed by atoms with van der Waals surface area (Å²) in [5.41, 5.74) is 3.38. The van der Waals surface area contributed by atoms with Crippen LogP contribution in [0.2, 0.25) is 0 Å². The van der Waals surface area contributed by atoms with Crippen molar-refractivity contribution in [3.05, 3.63) is 59.7 Å². The van der Waals surface area contributed by atoms with E-state index in [4.69, 9.17) is 14.6 Å². The molecule has 0 saturated carbocycles. The summed E-state index contributed by atoms with van der Waals surface area (Å²) in [5, 5.41) is 12.5. The van der Waals surface area contributed by atoms with Crippen molar-refractivity contribution in [1.29, 1.82) is 0 Å². The third kappa shape index (κ3) is 4.84. The number of carbonyl (C=O) groups is 2. The number of amides is 1. The van der Waals surface area contributed by atoms with Gasteiger partial charge in [-0.15, -0.1) is 0 Å². The van der Waals surface area contributed by atoms with Crippen molar-refractivity contribution in [2.45, 2.75) is 0 Å². The Morgan fingerprint density at radius 2 is 1.88 bits per heavy atom. The number of hydrogen-bond acceptors (Lipinski definition) is 5. The highest BCUT2D eigenvalue weighted by Crippen LogP contribution is 2.15. The molecule has 0 atom stereocenters. The summed E-state index contributed by atoms with van der Waals surface area (Å²) in [5.74, 6) is -0.436. The molecule has 0 fully saturated rings. The summed E-state index contributed by atoms with van der Waals surface area (Å²) in [6.45, 7) is -0.455. The molecule has 24 heavy (non-hydrogen) atoms. The molecular formula is C17H16N2O5. The summed E-state index contributed by atoms with van der Waals surface area (Å²) in [4.78, 5) is 22.5. The highest BCUT2D eigenvalue weighted by atomic mass is 16.5. The summed E-state index contributed by atoms with van der Waals surface area (Å²) >= 11 is 0. The number of hydrazone groups is 1. The van der Waals surface area contributed by atoms with Gasteiger partial charge >= 0.3 is 5.97 Å². The molecule has 7 heteroatoms. The molecule has 2 rings (SSSR count). The molecule has 0 heterocycles. The van der Waals surface area contributed by atoms with Crippen molar-refractivity contribution in [3.8, 4) is 11.5 Å². The molecule has 0 bridgehead atoms. The predicted molar refractivity (Wildman–Crippen MR) is 87.6 cm³/mol. The minimum absolute atomic E-state index is 0.363. The number of nitrogens with one attached hydrogen (secondary N) is 1. The van der Waals surface area contributed by atoms with Crippen LogP contribution in [0.1, 0.15) is 15.9 Å². The van der Waals surface area contributed by atoms with Crippen LogP contribution in [0.25, 0.3) is 0 Å². The lowest BCUT2D eigenvalue weighted by molar-refractivity contribution is -0.139. The van der Waals surface area contributed by atoms with Crippen LogP contribution in [0.4, 0.5) is 0 Å². The van der Waals surface area contributed by atoms with E-state index in [1.165, 1.54) is 6.21 Å². The summed E-state index contributed by atoms with van der Waals surface area (Å²) < 4.78 is 10.2. The van der Waals surface area contributed by atoms with Crippen LogP contribution in [-0.2, 0) is 4.79 Å². The van der Waals surface area contributed by atoms with E-state index < -0.39 is 12.6 Å². The molecule has 0 aliphatic heterocycles. The molecule has 0 aliphatic rings. The van der Waals surface area contributed by atoms with E-state index in [1.54, 1.807) is 55.6 Å². The highest BCUT2D eigenvalue weighted by Gasteiger charge is 2.05. The van der Waals surface area contributed by atoms with Crippen molar-refractivity contribution in [2.24, 2.45) is 5.10 Å². The Kier molecular flexibility index (Phi) is 5.90. The fraction of sp³-hybridized carbons (Fsp3) is 0.118. The number of methoxy groups -OCH3 is 1. The maximum absolute atomic E-state index is 12.0. The molecule has 0 aromatic heterocycles. The van der Waals surface area contributed by atoms with E-state index in [1.807, 2.05) is 0 Å². The Labute approximate surface area is 138 Å². The molecule has 7 nitrogen and oxygen atoms in total. The van der Waals surface area contributed by atoms with Gasteiger partial charge in [0.15, 0.2) is 6.61 Å². The van der Waals surface area contributed by atoms with Gasteiger partial charge in [-0.05, 0) is 36.4 Å². The van der Waals surface area contributed by atoms with E-state index in [0.29, 0.717) is 22.6 Å². The molecule has 0 spiro atoms. The molecule has 124 valence electrons. The lowest BCUT2D eigenvalue weighted by Crippen LogP contribution is -2.17. The number of carbonyl (C=O) groups excluding carboxylic acids is 1. The van der Waals surface area contributed by atoms with Gasteiger partial charge in [0.25, 0.3) is 5.91 Å². The topological polar surface area (TPSA) is 97.2 Å². The zero-order valence-corrected chi connectivity index (χ0v) is 12.9. The van der Waals surface area contributed by atoms with Gasteiger partial charge in [-0.2, -0.15) is 5.10 Å². The maximum atomic E-state index is 12.0. The molecule has 2 aromatic carbocycles. The Hall–Kier alpha value is -3.35. The first-order chi connectivity index (χ1) is 11.6. The number of para-hydroxylation sites is 1. The Balaban J connectivity index is 2.00. The SMILES string of the molecule is COc1ccc(C(=O)N/N=C/c2ccccc2OCC(=O)O)cc1. The minimum Gasteiger partial charge on any atom is -0.497 e. The van der Waals surface area contributed by atoms with Crippen LogP contribution < -0.4 is 14.9 Å². The van der Waals surface area contributed by atoms with E-state index in [2.05, 4.69) is 10.5 Å². The number of aliphatic carboxylic acids is 1. The average Bonchev–Trinajstić information content (AvgIpc) is 2.60. The first kappa shape index (κ1) is 17.0. The summed E-state index contributed by atoms with van der Waals surface area (Å²) in [6, 6.07) is 13.4. The van der Waals surface area contributed by atoms with Crippen LogP contribution in [-0.4, -0.2) is 36.9 Å². The fourth-order valence-corrected chi connectivity index (χ4v) is 1.83. The number of rotatable bonds is 7. The smallest absolute Gasteiger partial charge is 0.341 e. The summed E-state index contributed by atoms with van der Waals surface area (Å²) in [7, 11) is 1.54. The van der Waals surface area contributed by atoms with Crippen LogP contribution in [0, 0.1) is 0 Å². The zero-order chi connectivity index (χ0) is 17.4. The fourth-order valence-electron chi connectivity index (χ4n) is 1.83. The van der Waals surface area contributed by atoms with E-state index in [0.717, 1.165) is 0 Å². The summed E-state index contributed by atoms with van der Waals surface area (Å²) in [6.07, 6.45) is 1.39. The minimum atomic E-state index is -1.07. The second-order valence-electron chi connectivity index (χ2n) is 4.65. The van der Waals surface area contributed by atoms with E-state index >= 15 is 0 Å². The maximum Gasteiger partial charge on any atom is 0.341 e. The van der Waals surface area contributed by atoms with E-state index in [-0.39, 0.29) is 5.91 Å². The van der Waals surface area contributed by atoms with Gasteiger partial charge in [0.1, 0.15) is 11.5 Å². The first-order valence-corrected chi connectivity index (χ1v) is 7.01. The molecule has 1 amide bonds. The molecule has 0 radical (unpaired) electrons. The van der Waals surface area contributed by atoms with Gasteiger partial charge < -0.3 is 14.6 Å². The van der Waals surface area contributed by atoms with Crippen molar-refractivity contribution >= 4 is 18.1 Å². The number of carboxylic acid groups (broad SMARTS) is 1. The van der Waals surface area contributed by atoms with Gasteiger partial charge in [0.2, 0.25) is 0 Å². The third-order valence-corrected chi connectivity index (χ3v) is 2.99. The van der Waals surface area contributed by atoms with Crippen LogP contribution in [0.5, 0.6) is 11.5 Å². The lowest BCUT2D eigenvalue weighted by Gasteiger charge is -2.06. The van der Waals surface area contributed by atoms with Gasteiger partial charge in [-0.3, -0.25) is 4.79 Å². The van der Waals surface area contributed by atoms with Crippen molar-refractivity contribution in [2.75, 3.05) is 13.7 Å². The van der Waals surface area contributed by atoms with Gasteiger partial charge in [-0.25, -0.2) is 10.2 Å². The predicted octanol–water partition coefficient (Wildman–Crippen LogP) is 1.92. The van der Waals surface area contributed by atoms with Crippen LogP contribution in [0.3, 0.4) is 0 Å². The lowest BCUT2D eigenvalue weighted by atomic mass is 10.2. The number of carboxylic acids is 1. The van der Waals surface area contributed by atoms with Crippen LogP contribution in [0.15, 0.2) is 53.6 Å². The Morgan fingerprint density at radius 3 is 2.54 bits per heavy atom. The molecule has 0 unspecified atom stereocenters. The second-order valence-corrected chi connectivity index (χ2v) is 4.65. The second kappa shape index (κ2) is 8.33. The molecule has 2 N–H and O–H groups in total. The third-order valence-electron chi connectivity index (χ3n) is 2.99. The van der Waals surface area contributed by atoms with Gasteiger partial charge in [0, 0.05) is 11.1 Å². The highest BCUT2D eigenvalue weighted by molar-refractivity contribution is 5.95. The number of nitrogens with zero attached hydrogens (tertiary/aromatic N) is 1. The van der Waals surface area contributed by atoms with E-state index in [9.17, 15) is 9.59 Å². The quantitative estimate of drug-likeness (QED) is 0.598. The number of hydrogen-bond donors (Lipinski definition) is 2.